The lowest BCUT2D eigenvalue weighted by Crippen LogP contribution is -2.47. The molecule has 4 aromatic rings. The number of alkyl carbamates (subject to hydrolysis) is 1. The van der Waals surface area contributed by atoms with E-state index in [9.17, 15) is 14.4 Å². The summed E-state index contributed by atoms with van der Waals surface area (Å²) in [6, 6.07) is 13.6. The summed E-state index contributed by atoms with van der Waals surface area (Å²) >= 11 is 6.58. The van der Waals surface area contributed by atoms with Gasteiger partial charge in [-0.1, -0.05) is 44.5 Å². The van der Waals surface area contributed by atoms with Gasteiger partial charge in [0.15, 0.2) is 0 Å². The zero-order chi connectivity index (χ0) is 33.4. The van der Waals surface area contributed by atoms with Crippen LogP contribution in [0.1, 0.15) is 57.5 Å². The smallest absolute Gasteiger partial charge is 0.408 e. The van der Waals surface area contributed by atoms with Crippen molar-refractivity contribution in [1.82, 2.24) is 19.9 Å². The molecule has 46 heavy (non-hydrogen) atoms. The van der Waals surface area contributed by atoms with Crippen LogP contribution in [0.25, 0.3) is 22.2 Å². The van der Waals surface area contributed by atoms with Crippen molar-refractivity contribution < 1.29 is 19.1 Å². The molecule has 2 aromatic carbocycles. The average molecular weight is 647 g/mol. The number of carbonyl (C=O) groups excluding carboxylic acids is 2. The topological polar surface area (TPSA) is 136 Å². The number of fused-ring (bicyclic) bond motifs is 1. The average Bonchev–Trinajstić information content (AvgIpc) is 3.40. The summed E-state index contributed by atoms with van der Waals surface area (Å²) < 4.78 is 12.4. The summed E-state index contributed by atoms with van der Waals surface area (Å²) in [5, 5.41) is 9.91. The molecule has 1 fully saturated rings. The first-order valence-electron chi connectivity index (χ1n) is 15.0. The fourth-order valence-corrected chi connectivity index (χ4v) is 5.33. The molecule has 5 rings (SSSR count). The van der Waals surface area contributed by atoms with Crippen molar-refractivity contribution in [1.29, 1.82) is 0 Å². The van der Waals surface area contributed by atoms with Gasteiger partial charge in [-0.3, -0.25) is 14.2 Å². The second-order valence-corrected chi connectivity index (χ2v) is 13.8. The minimum atomic E-state index is -0.631. The first-order valence-corrected chi connectivity index (χ1v) is 15.4. The molecule has 2 aromatic heterocycles. The lowest BCUT2D eigenvalue weighted by molar-refractivity contribution is 0.0497. The molecule has 0 saturated carbocycles. The SMILES string of the molecule is Cn1c(=O)c(-c2cc(C(=O)Nc3cccc(C(C)(C)C)c3)ccc2Cl)cc2cnc(NC3COCC3NC(=O)OC(C)(C)C)nc21. The maximum absolute atomic E-state index is 13.6. The highest BCUT2D eigenvalue weighted by molar-refractivity contribution is 6.33. The Hall–Kier alpha value is -4.48. The van der Waals surface area contributed by atoms with Crippen molar-refractivity contribution in [3.63, 3.8) is 0 Å². The van der Waals surface area contributed by atoms with Crippen LogP contribution in [0.5, 0.6) is 0 Å². The quantitative estimate of drug-likeness (QED) is 0.235. The largest absolute Gasteiger partial charge is 0.444 e. The van der Waals surface area contributed by atoms with Gasteiger partial charge >= 0.3 is 6.09 Å². The van der Waals surface area contributed by atoms with Crippen LogP contribution < -0.4 is 21.5 Å². The van der Waals surface area contributed by atoms with E-state index in [-0.39, 0.29) is 34.9 Å². The van der Waals surface area contributed by atoms with Gasteiger partial charge in [0.05, 0.1) is 25.3 Å². The minimum absolute atomic E-state index is 0.0722. The summed E-state index contributed by atoms with van der Waals surface area (Å²) in [6.07, 6.45) is 1.06. The highest BCUT2D eigenvalue weighted by atomic mass is 35.5. The number of carbonyl (C=O) groups is 2. The Kier molecular flexibility index (Phi) is 9.10. The molecule has 1 aliphatic heterocycles. The first kappa shape index (κ1) is 32.9. The summed E-state index contributed by atoms with van der Waals surface area (Å²) in [7, 11) is 1.61. The number of anilines is 2. The van der Waals surface area contributed by atoms with Gasteiger partial charge in [-0.25, -0.2) is 9.78 Å². The van der Waals surface area contributed by atoms with E-state index in [1.54, 1.807) is 58.3 Å². The summed E-state index contributed by atoms with van der Waals surface area (Å²) in [5.74, 6) is -0.0510. The fourth-order valence-electron chi connectivity index (χ4n) is 5.11. The monoisotopic (exact) mass is 646 g/mol. The Labute approximate surface area is 272 Å². The summed E-state index contributed by atoms with van der Waals surface area (Å²) in [4.78, 5) is 48.2. The van der Waals surface area contributed by atoms with Crippen LogP contribution in [0.15, 0.2) is 59.5 Å². The van der Waals surface area contributed by atoms with Gasteiger partial charge in [0.1, 0.15) is 11.2 Å². The third-order valence-electron chi connectivity index (χ3n) is 7.55. The van der Waals surface area contributed by atoms with Gasteiger partial charge in [-0.15, -0.1) is 0 Å². The molecular weight excluding hydrogens is 608 g/mol. The number of nitrogens with one attached hydrogen (secondary N) is 3. The molecule has 2 unspecified atom stereocenters. The molecule has 3 N–H and O–H groups in total. The molecule has 2 atom stereocenters. The maximum Gasteiger partial charge on any atom is 0.408 e. The van der Waals surface area contributed by atoms with E-state index >= 15 is 0 Å². The molecule has 12 heteroatoms. The van der Waals surface area contributed by atoms with E-state index in [2.05, 4.69) is 46.7 Å². The molecule has 11 nitrogen and oxygen atoms in total. The number of amides is 2. The minimum Gasteiger partial charge on any atom is -0.444 e. The van der Waals surface area contributed by atoms with Crippen LogP contribution in [0.2, 0.25) is 5.02 Å². The Bertz CT molecular complexity index is 1860. The first-order chi connectivity index (χ1) is 21.6. The summed E-state index contributed by atoms with van der Waals surface area (Å²) in [5.41, 5.74) is 2.19. The Morgan fingerprint density at radius 1 is 1.00 bits per heavy atom. The molecule has 0 spiro atoms. The zero-order valence-electron chi connectivity index (χ0n) is 27.0. The predicted molar refractivity (Wildman–Crippen MR) is 180 cm³/mol. The standard InChI is InChI=1S/C34H39ClN6O5/c1-33(2,3)21-9-8-10-22(15-21)37-29(42)19-11-12-25(35)23(13-19)24-14-20-16-36-31(40-28(20)41(7)30(24)43)38-26-17-45-18-27(26)39-32(44)46-34(4,5)6/h8-16,26-27H,17-18H2,1-7H3,(H,37,42)(H,39,44)(H,36,38,40). The fraction of sp³-hybridized carbons (Fsp3) is 0.382. The normalized spacial score (nSPS) is 16.7. The molecule has 0 bridgehead atoms. The summed E-state index contributed by atoms with van der Waals surface area (Å²) in [6.45, 7) is 12.3. The maximum atomic E-state index is 13.6. The van der Waals surface area contributed by atoms with Gasteiger partial charge in [0, 0.05) is 46.0 Å². The van der Waals surface area contributed by atoms with Crippen LogP contribution >= 0.6 is 11.6 Å². The molecule has 242 valence electrons. The number of benzene rings is 2. The van der Waals surface area contributed by atoms with E-state index in [1.165, 1.54) is 4.57 Å². The third-order valence-corrected chi connectivity index (χ3v) is 7.88. The number of nitrogens with zero attached hydrogens (tertiary/aromatic N) is 3. The number of rotatable bonds is 6. The van der Waals surface area contributed by atoms with Crippen LogP contribution in [0.4, 0.5) is 16.4 Å². The highest BCUT2D eigenvalue weighted by Gasteiger charge is 2.32. The van der Waals surface area contributed by atoms with E-state index in [0.29, 0.717) is 51.6 Å². The van der Waals surface area contributed by atoms with E-state index in [0.717, 1.165) is 5.56 Å². The lowest BCUT2D eigenvalue weighted by atomic mass is 9.87. The van der Waals surface area contributed by atoms with Crippen molar-refractivity contribution in [3.05, 3.63) is 81.2 Å². The van der Waals surface area contributed by atoms with Crippen LogP contribution in [-0.2, 0) is 21.9 Å². The van der Waals surface area contributed by atoms with Gasteiger partial charge in [0.2, 0.25) is 5.95 Å². The van der Waals surface area contributed by atoms with Crippen molar-refractivity contribution in [2.75, 3.05) is 23.8 Å². The lowest BCUT2D eigenvalue weighted by Gasteiger charge is -2.24. The molecule has 2 amide bonds. The molecule has 0 aliphatic carbocycles. The van der Waals surface area contributed by atoms with Crippen molar-refractivity contribution in [2.24, 2.45) is 7.05 Å². The second kappa shape index (κ2) is 12.7. The Balaban J connectivity index is 1.38. The predicted octanol–water partition coefficient (Wildman–Crippen LogP) is 5.90. The Morgan fingerprint density at radius 3 is 2.46 bits per heavy atom. The molecule has 1 saturated heterocycles. The number of hydrogen-bond donors (Lipinski definition) is 3. The van der Waals surface area contributed by atoms with Gasteiger partial charge in [-0.05, 0) is 68.1 Å². The van der Waals surface area contributed by atoms with Gasteiger partial charge in [-0.2, -0.15) is 4.98 Å². The third kappa shape index (κ3) is 7.48. The number of hydrogen-bond acceptors (Lipinski definition) is 8. The zero-order valence-corrected chi connectivity index (χ0v) is 27.8. The molecule has 3 heterocycles. The van der Waals surface area contributed by atoms with E-state index in [1.807, 2.05) is 24.3 Å². The van der Waals surface area contributed by atoms with Crippen LogP contribution in [-0.4, -0.2) is 57.4 Å². The Morgan fingerprint density at radius 2 is 1.74 bits per heavy atom. The number of ether oxygens (including phenoxy) is 2. The number of aromatic nitrogens is 3. The van der Waals surface area contributed by atoms with E-state index in [4.69, 9.17) is 21.1 Å². The molecule has 1 aliphatic rings. The number of halogens is 1. The van der Waals surface area contributed by atoms with Crippen LogP contribution in [0.3, 0.4) is 0 Å². The number of pyridine rings is 1. The van der Waals surface area contributed by atoms with Crippen molar-refractivity contribution in [3.8, 4) is 11.1 Å². The molecule has 0 radical (unpaired) electrons. The van der Waals surface area contributed by atoms with Crippen molar-refractivity contribution in [2.45, 2.75) is 64.6 Å². The highest BCUT2D eigenvalue weighted by Crippen LogP contribution is 2.30. The van der Waals surface area contributed by atoms with Gasteiger partial charge in [0.25, 0.3) is 11.5 Å². The number of aryl methyl sites for hydroxylation is 1. The van der Waals surface area contributed by atoms with Crippen molar-refractivity contribution >= 4 is 46.3 Å². The molecular formula is C34H39ClN6O5. The second-order valence-electron chi connectivity index (χ2n) is 13.4. The van der Waals surface area contributed by atoms with E-state index < -0.39 is 11.7 Å². The van der Waals surface area contributed by atoms with Gasteiger partial charge < -0.3 is 25.4 Å². The van der Waals surface area contributed by atoms with Crippen LogP contribution in [0, 0.1) is 0 Å².